The Morgan fingerprint density at radius 1 is 1.27 bits per heavy atom. The molecule has 2 aliphatic carbocycles. The Hall–Kier alpha value is -2.80. The zero-order valence-electron chi connectivity index (χ0n) is 17.1. The number of hydrogen-bond acceptors (Lipinski definition) is 4. The molecule has 0 saturated carbocycles. The number of alkyl halides is 1. The molecule has 30 heavy (non-hydrogen) atoms. The molecule has 0 fully saturated rings. The van der Waals surface area contributed by atoms with E-state index in [1.54, 1.807) is 16.6 Å². The third-order valence-corrected chi connectivity index (χ3v) is 6.81. The summed E-state index contributed by atoms with van der Waals surface area (Å²) in [4.78, 5) is 18.2. The van der Waals surface area contributed by atoms with Crippen LogP contribution in [0.3, 0.4) is 0 Å². The van der Waals surface area contributed by atoms with Gasteiger partial charge >= 0.3 is 0 Å². The van der Waals surface area contributed by atoms with E-state index in [0.29, 0.717) is 15.9 Å². The highest BCUT2D eigenvalue weighted by Crippen LogP contribution is 2.28. The molecule has 1 atom stereocenters. The van der Waals surface area contributed by atoms with Crippen LogP contribution in [0.4, 0.5) is 4.39 Å². The average molecular weight is 423 g/mol. The Balaban J connectivity index is 1.67. The van der Waals surface area contributed by atoms with Gasteiger partial charge in [0.1, 0.15) is 6.17 Å². The number of halogens is 1. The Kier molecular flexibility index (Phi) is 4.77. The van der Waals surface area contributed by atoms with Crippen molar-refractivity contribution >= 4 is 33.6 Å². The summed E-state index contributed by atoms with van der Waals surface area (Å²) in [5, 5.41) is 4.84. The number of hydrogen-bond donors (Lipinski definition) is 0. The van der Waals surface area contributed by atoms with E-state index in [1.807, 2.05) is 36.9 Å². The van der Waals surface area contributed by atoms with E-state index in [2.05, 4.69) is 11.1 Å². The van der Waals surface area contributed by atoms with Gasteiger partial charge in [-0.2, -0.15) is 5.10 Å². The molecule has 154 valence electrons. The number of imidazole rings is 1. The van der Waals surface area contributed by atoms with Crippen molar-refractivity contribution in [2.24, 2.45) is 0 Å². The minimum Gasteiger partial charge on any atom is -0.267 e. The molecule has 0 spiro atoms. The van der Waals surface area contributed by atoms with Crippen molar-refractivity contribution < 1.29 is 4.39 Å². The molecule has 0 amide bonds. The lowest BCUT2D eigenvalue weighted by Crippen LogP contribution is -2.23. The molecule has 0 N–H and O–H groups in total. The molecule has 0 aromatic carbocycles. The molecule has 2 aliphatic rings. The Morgan fingerprint density at radius 2 is 2.13 bits per heavy atom. The van der Waals surface area contributed by atoms with Crippen molar-refractivity contribution in [3.63, 3.8) is 0 Å². The summed E-state index contributed by atoms with van der Waals surface area (Å²) in [5.74, 6) is 0. The van der Waals surface area contributed by atoms with Gasteiger partial charge in [0.05, 0.1) is 15.9 Å². The monoisotopic (exact) mass is 422 g/mol. The van der Waals surface area contributed by atoms with Crippen LogP contribution in [0.5, 0.6) is 0 Å². The number of fused-ring (bicyclic) bond motifs is 1. The summed E-state index contributed by atoms with van der Waals surface area (Å²) in [6.45, 7) is 3.83. The second-order valence-electron chi connectivity index (χ2n) is 7.91. The molecule has 7 heteroatoms. The maximum Gasteiger partial charge on any atom is 0.274 e. The van der Waals surface area contributed by atoms with Gasteiger partial charge in [0.2, 0.25) is 0 Å². The fraction of sp³-hybridized carbons (Fsp3) is 0.348. The predicted octanol–water partition coefficient (Wildman–Crippen LogP) is 4.21. The molecule has 5 rings (SSSR count). The van der Waals surface area contributed by atoms with E-state index >= 15 is 0 Å². The van der Waals surface area contributed by atoms with Crippen molar-refractivity contribution in [2.75, 3.05) is 0 Å². The lowest BCUT2D eigenvalue weighted by atomic mass is 10.0. The fourth-order valence-corrected chi connectivity index (χ4v) is 5.09. The minimum absolute atomic E-state index is 0.0549. The molecule has 0 saturated heterocycles. The predicted molar refractivity (Wildman–Crippen MR) is 119 cm³/mol. The summed E-state index contributed by atoms with van der Waals surface area (Å²) in [7, 11) is 0. The Morgan fingerprint density at radius 3 is 2.83 bits per heavy atom. The first-order valence-corrected chi connectivity index (χ1v) is 11.1. The quantitative estimate of drug-likeness (QED) is 0.635. The number of aryl methyl sites for hydroxylation is 2. The maximum absolute atomic E-state index is 13.6. The van der Waals surface area contributed by atoms with E-state index in [-0.39, 0.29) is 5.56 Å². The van der Waals surface area contributed by atoms with Gasteiger partial charge in [-0.1, -0.05) is 29.6 Å². The third kappa shape index (κ3) is 3.27. The highest BCUT2D eigenvalue weighted by Gasteiger charge is 2.18. The highest BCUT2D eigenvalue weighted by atomic mass is 32.1. The smallest absolute Gasteiger partial charge is 0.267 e. The third-order valence-electron chi connectivity index (χ3n) is 5.84. The second kappa shape index (κ2) is 7.47. The van der Waals surface area contributed by atoms with Crippen LogP contribution < -0.4 is 10.1 Å². The van der Waals surface area contributed by atoms with E-state index in [1.165, 1.54) is 23.5 Å². The van der Waals surface area contributed by atoms with E-state index in [9.17, 15) is 9.18 Å². The molecule has 5 nitrogen and oxygen atoms in total. The van der Waals surface area contributed by atoms with Crippen LogP contribution in [0.2, 0.25) is 0 Å². The van der Waals surface area contributed by atoms with Gasteiger partial charge in [0.25, 0.3) is 5.56 Å². The van der Waals surface area contributed by atoms with Crippen LogP contribution in [0.1, 0.15) is 54.7 Å². The van der Waals surface area contributed by atoms with Crippen molar-refractivity contribution in [3.8, 4) is 0 Å². The summed E-state index contributed by atoms with van der Waals surface area (Å²) in [5.41, 5.74) is 5.42. The van der Waals surface area contributed by atoms with Crippen LogP contribution >= 0.6 is 11.3 Å². The standard InChI is InChI=1S/C23H23FN4OS/c1-14-15(2)28-22(29)20(30-23(28)25-14)12-17-13-27(19-6-4-3-5-7-19)26-21(17)16-8-10-18(24)11-9-16/h6,8-10,12-13,18H,3-5,7,11H2,1-2H3. The van der Waals surface area contributed by atoms with Crippen LogP contribution in [-0.4, -0.2) is 25.3 Å². The normalized spacial score (nSPS) is 20.1. The van der Waals surface area contributed by atoms with Crippen molar-refractivity contribution in [1.29, 1.82) is 0 Å². The second-order valence-corrected chi connectivity index (χ2v) is 8.91. The number of rotatable bonds is 3. The first-order valence-electron chi connectivity index (χ1n) is 10.3. The zero-order chi connectivity index (χ0) is 20.8. The molecular weight excluding hydrogens is 399 g/mol. The lowest BCUT2D eigenvalue weighted by Gasteiger charge is -2.12. The van der Waals surface area contributed by atoms with Gasteiger partial charge < -0.3 is 0 Å². The fourth-order valence-electron chi connectivity index (χ4n) is 4.04. The van der Waals surface area contributed by atoms with Crippen molar-refractivity contribution in [2.45, 2.75) is 52.1 Å². The average Bonchev–Trinajstić information content (AvgIpc) is 3.39. The summed E-state index contributed by atoms with van der Waals surface area (Å²) in [6, 6.07) is 0. The van der Waals surface area contributed by atoms with Crippen LogP contribution in [-0.2, 0) is 0 Å². The van der Waals surface area contributed by atoms with Gasteiger partial charge in [-0.25, -0.2) is 14.1 Å². The van der Waals surface area contributed by atoms with Gasteiger partial charge in [0, 0.05) is 29.6 Å². The molecule has 0 aliphatic heterocycles. The summed E-state index contributed by atoms with van der Waals surface area (Å²) < 4.78 is 17.8. The molecule has 0 radical (unpaired) electrons. The number of aromatic nitrogens is 4. The van der Waals surface area contributed by atoms with Crippen molar-refractivity contribution in [3.05, 3.63) is 68.0 Å². The molecule has 3 heterocycles. The molecule has 3 aromatic rings. The SMILES string of the molecule is Cc1nc2sc(=Cc3cn(C4=CCCCC4)nc3C3=CCC(F)C=C3)c(=O)n2c1C. The van der Waals surface area contributed by atoms with Gasteiger partial charge in [-0.3, -0.25) is 9.20 Å². The van der Waals surface area contributed by atoms with E-state index in [4.69, 9.17) is 5.10 Å². The number of allylic oxidation sites excluding steroid dienone is 6. The van der Waals surface area contributed by atoms with Gasteiger partial charge in [0.15, 0.2) is 4.96 Å². The summed E-state index contributed by atoms with van der Waals surface area (Å²) >= 11 is 1.39. The number of nitrogens with zero attached hydrogens (tertiary/aromatic N) is 4. The van der Waals surface area contributed by atoms with E-state index in [0.717, 1.165) is 47.5 Å². The maximum atomic E-state index is 13.6. The zero-order valence-corrected chi connectivity index (χ0v) is 17.9. The van der Waals surface area contributed by atoms with Crippen LogP contribution in [0.25, 0.3) is 22.3 Å². The first kappa shape index (κ1) is 19.2. The number of thiazole rings is 1. The van der Waals surface area contributed by atoms with Gasteiger partial charge in [-0.15, -0.1) is 0 Å². The summed E-state index contributed by atoms with van der Waals surface area (Å²) in [6.07, 6.45) is 15.2. The highest BCUT2D eigenvalue weighted by molar-refractivity contribution is 7.15. The topological polar surface area (TPSA) is 52.2 Å². The Labute approximate surface area is 177 Å². The first-order chi connectivity index (χ1) is 14.5. The molecule has 3 aromatic heterocycles. The molecule has 1 unspecified atom stereocenters. The van der Waals surface area contributed by atoms with E-state index < -0.39 is 6.17 Å². The Bertz CT molecular complexity index is 1340. The van der Waals surface area contributed by atoms with Crippen LogP contribution in [0, 0.1) is 13.8 Å². The molecule has 0 bridgehead atoms. The van der Waals surface area contributed by atoms with Gasteiger partial charge in [-0.05, 0) is 57.3 Å². The van der Waals surface area contributed by atoms with Crippen molar-refractivity contribution in [1.82, 2.24) is 19.2 Å². The minimum atomic E-state index is -0.950. The molecular formula is C23H23FN4OS. The largest absolute Gasteiger partial charge is 0.274 e. The lowest BCUT2D eigenvalue weighted by molar-refractivity contribution is 0.402. The van der Waals surface area contributed by atoms with Crippen LogP contribution in [0.15, 0.2) is 35.3 Å².